The predicted octanol–water partition coefficient (Wildman–Crippen LogP) is 6.78. The second-order valence-corrected chi connectivity index (χ2v) is 8.72. The minimum atomic E-state index is -0.190. The van der Waals surface area contributed by atoms with Crippen LogP contribution in [0.15, 0.2) is 40.8 Å². The van der Waals surface area contributed by atoms with E-state index in [0.717, 1.165) is 45.8 Å². The van der Waals surface area contributed by atoms with Crippen LogP contribution in [0.5, 0.6) is 5.75 Å². The molecule has 164 valence electrons. The highest BCUT2D eigenvalue weighted by Gasteiger charge is 2.17. The van der Waals surface area contributed by atoms with Crippen LogP contribution in [0.2, 0.25) is 0 Å². The van der Waals surface area contributed by atoms with Crippen LogP contribution in [-0.2, 0) is 16.0 Å². The van der Waals surface area contributed by atoms with Crippen molar-refractivity contribution >= 4 is 16.9 Å². The summed E-state index contributed by atoms with van der Waals surface area (Å²) < 4.78 is 17.0. The molecule has 0 atom stereocenters. The summed E-state index contributed by atoms with van der Waals surface area (Å²) in [6, 6.07) is 12.6. The lowest BCUT2D eigenvalue weighted by atomic mass is 9.90. The Kier molecular flexibility index (Phi) is 6.64. The maximum atomic E-state index is 11.6. The third kappa shape index (κ3) is 4.95. The van der Waals surface area contributed by atoms with Crippen LogP contribution in [0, 0.1) is 19.8 Å². The molecular formula is C27H32O4. The second-order valence-electron chi connectivity index (χ2n) is 8.72. The van der Waals surface area contributed by atoms with Gasteiger partial charge in [-0.1, -0.05) is 31.4 Å². The predicted molar refractivity (Wildman–Crippen MR) is 124 cm³/mol. The number of aryl methyl sites for hydroxylation is 3. The van der Waals surface area contributed by atoms with Gasteiger partial charge in [-0.2, -0.15) is 0 Å². The van der Waals surface area contributed by atoms with E-state index in [-0.39, 0.29) is 5.97 Å². The lowest BCUT2D eigenvalue weighted by Crippen LogP contribution is -2.15. The maximum Gasteiger partial charge on any atom is 0.305 e. The van der Waals surface area contributed by atoms with Crippen molar-refractivity contribution in [3.63, 3.8) is 0 Å². The molecule has 4 rings (SSSR count). The Balaban J connectivity index is 1.65. The molecule has 0 radical (unpaired) electrons. The Hall–Kier alpha value is -2.75. The van der Waals surface area contributed by atoms with Crippen molar-refractivity contribution in [2.24, 2.45) is 5.92 Å². The summed E-state index contributed by atoms with van der Waals surface area (Å²) in [6.45, 7) is 4.86. The van der Waals surface area contributed by atoms with Crippen molar-refractivity contribution in [3.8, 4) is 16.9 Å². The zero-order valence-electron chi connectivity index (χ0n) is 18.8. The van der Waals surface area contributed by atoms with Gasteiger partial charge in [-0.15, -0.1) is 0 Å². The largest absolute Gasteiger partial charge is 0.493 e. The third-order valence-corrected chi connectivity index (χ3v) is 6.57. The Morgan fingerprint density at radius 2 is 1.87 bits per heavy atom. The van der Waals surface area contributed by atoms with E-state index in [2.05, 4.69) is 37.3 Å². The first-order valence-electron chi connectivity index (χ1n) is 11.4. The SMILES string of the molecule is COC(=O)CCc1ccc(OCC2CCCCC2)c(-c2ccc3oc(C)c(C)c3c2)c1. The molecule has 3 aromatic rings. The summed E-state index contributed by atoms with van der Waals surface area (Å²) in [6.07, 6.45) is 7.50. The van der Waals surface area contributed by atoms with Gasteiger partial charge >= 0.3 is 5.97 Å². The minimum absolute atomic E-state index is 0.190. The molecule has 31 heavy (non-hydrogen) atoms. The molecule has 1 heterocycles. The van der Waals surface area contributed by atoms with Gasteiger partial charge in [-0.25, -0.2) is 0 Å². The zero-order valence-corrected chi connectivity index (χ0v) is 18.8. The Morgan fingerprint density at radius 3 is 2.65 bits per heavy atom. The number of esters is 1. The zero-order chi connectivity index (χ0) is 21.8. The fraction of sp³-hybridized carbons (Fsp3) is 0.444. The molecule has 0 spiro atoms. The lowest BCUT2D eigenvalue weighted by molar-refractivity contribution is -0.140. The van der Waals surface area contributed by atoms with Crippen LogP contribution in [-0.4, -0.2) is 19.7 Å². The van der Waals surface area contributed by atoms with Gasteiger partial charge in [0, 0.05) is 17.4 Å². The summed E-state index contributed by atoms with van der Waals surface area (Å²) in [7, 11) is 1.43. The van der Waals surface area contributed by atoms with Gasteiger partial charge in [0.15, 0.2) is 0 Å². The van der Waals surface area contributed by atoms with Crippen molar-refractivity contribution in [2.75, 3.05) is 13.7 Å². The van der Waals surface area contributed by atoms with Crippen LogP contribution in [0.1, 0.15) is 55.4 Å². The molecule has 0 unspecified atom stereocenters. The highest BCUT2D eigenvalue weighted by atomic mass is 16.5. The maximum absolute atomic E-state index is 11.6. The number of carbonyl (C=O) groups excluding carboxylic acids is 1. The van der Waals surface area contributed by atoms with Gasteiger partial charge in [0.2, 0.25) is 0 Å². The standard InChI is InChI=1S/C27H32O4/c1-18-19(2)31-26-13-11-22(16-23(18)26)24-15-20(10-14-27(28)29-3)9-12-25(24)30-17-21-7-5-4-6-8-21/h9,11-13,15-16,21H,4-8,10,14,17H2,1-3H3. The van der Waals surface area contributed by atoms with Crippen molar-refractivity contribution in [3.05, 3.63) is 53.3 Å². The van der Waals surface area contributed by atoms with Crippen LogP contribution < -0.4 is 4.74 Å². The van der Waals surface area contributed by atoms with E-state index in [4.69, 9.17) is 13.9 Å². The normalized spacial score (nSPS) is 14.7. The molecule has 4 heteroatoms. The average Bonchev–Trinajstić information content (AvgIpc) is 3.09. The van der Waals surface area contributed by atoms with Crippen molar-refractivity contribution < 1.29 is 18.7 Å². The van der Waals surface area contributed by atoms with Gasteiger partial charge < -0.3 is 13.9 Å². The molecule has 0 saturated heterocycles. The first-order chi connectivity index (χ1) is 15.0. The molecule has 1 saturated carbocycles. The molecule has 1 aliphatic carbocycles. The Bertz CT molecular complexity index is 1060. The van der Waals surface area contributed by atoms with Gasteiger partial charge in [0.1, 0.15) is 17.1 Å². The van der Waals surface area contributed by atoms with Crippen molar-refractivity contribution in [1.29, 1.82) is 0 Å². The van der Waals surface area contributed by atoms with Crippen molar-refractivity contribution in [1.82, 2.24) is 0 Å². The van der Waals surface area contributed by atoms with Crippen LogP contribution in [0.4, 0.5) is 0 Å². The summed E-state index contributed by atoms with van der Waals surface area (Å²) in [5.74, 6) is 2.31. The first kappa shape index (κ1) is 21.5. The molecule has 1 aromatic heterocycles. The monoisotopic (exact) mass is 420 g/mol. The molecule has 0 aliphatic heterocycles. The smallest absolute Gasteiger partial charge is 0.305 e. The second kappa shape index (κ2) is 9.59. The van der Waals surface area contributed by atoms with E-state index in [1.54, 1.807) is 0 Å². The topological polar surface area (TPSA) is 48.7 Å². The average molecular weight is 421 g/mol. The summed E-state index contributed by atoms with van der Waals surface area (Å²) in [5, 5.41) is 1.13. The molecule has 1 fully saturated rings. The number of hydrogen-bond donors (Lipinski definition) is 0. The molecule has 1 aliphatic rings. The molecule has 0 amide bonds. The van der Waals surface area contributed by atoms with Gasteiger partial charge in [0.25, 0.3) is 0 Å². The number of rotatable bonds is 7. The van der Waals surface area contributed by atoms with Crippen LogP contribution >= 0.6 is 0 Å². The Labute approximate surface area is 184 Å². The molecule has 2 aromatic carbocycles. The highest BCUT2D eigenvalue weighted by molar-refractivity contribution is 5.88. The number of furan rings is 1. The number of carbonyl (C=O) groups is 1. The number of methoxy groups -OCH3 is 1. The van der Waals surface area contributed by atoms with E-state index in [1.165, 1.54) is 44.8 Å². The Morgan fingerprint density at radius 1 is 1.06 bits per heavy atom. The summed E-state index contributed by atoms with van der Waals surface area (Å²) in [5.41, 5.74) is 5.35. The van der Waals surface area contributed by atoms with E-state index in [1.807, 2.05) is 13.0 Å². The first-order valence-corrected chi connectivity index (χ1v) is 11.4. The fourth-order valence-electron chi connectivity index (χ4n) is 4.50. The van der Waals surface area contributed by atoms with Gasteiger partial charge in [-0.05, 0) is 80.0 Å². The molecule has 0 N–H and O–H groups in total. The van der Waals surface area contributed by atoms with Crippen LogP contribution in [0.3, 0.4) is 0 Å². The third-order valence-electron chi connectivity index (χ3n) is 6.57. The summed E-state index contributed by atoms with van der Waals surface area (Å²) >= 11 is 0. The minimum Gasteiger partial charge on any atom is -0.493 e. The number of hydrogen-bond acceptors (Lipinski definition) is 4. The molecule has 0 bridgehead atoms. The number of fused-ring (bicyclic) bond motifs is 1. The van der Waals surface area contributed by atoms with Gasteiger partial charge in [0.05, 0.1) is 13.7 Å². The quantitative estimate of drug-likeness (QED) is 0.395. The van der Waals surface area contributed by atoms with E-state index < -0.39 is 0 Å². The lowest BCUT2D eigenvalue weighted by Gasteiger charge is -2.22. The van der Waals surface area contributed by atoms with Crippen molar-refractivity contribution in [2.45, 2.75) is 58.8 Å². The van der Waals surface area contributed by atoms with E-state index in [9.17, 15) is 4.79 Å². The molecular weight excluding hydrogens is 388 g/mol. The summed E-state index contributed by atoms with van der Waals surface area (Å²) in [4.78, 5) is 11.6. The van der Waals surface area contributed by atoms with Gasteiger partial charge in [-0.3, -0.25) is 4.79 Å². The van der Waals surface area contributed by atoms with Crippen LogP contribution in [0.25, 0.3) is 22.1 Å². The number of ether oxygens (including phenoxy) is 2. The fourth-order valence-corrected chi connectivity index (χ4v) is 4.50. The molecule has 4 nitrogen and oxygen atoms in total. The van der Waals surface area contributed by atoms with E-state index in [0.29, 0.717) is 18.8 Å². The highest BCUT2D eigenvalue weighted by Crippen LogP contribution is 2.36. The number of benzene rings is 2. The van der Waals surface area contributed by atoms with E-state index >= 15 is 0 Å².